The van der Waals surface area contributed by atoms with Crippen LogP contribution in [0.25, 0.3) is 0 Å². The minimum atomic E-state index is -0.0792. The number of nitrogens with zero attached hydrogens (tertiary/aromatic N) is 2. The molecule has 0 spiro atoms. The summed E-state index contributed by atoms with van der Waals surface area (Å²) in [4.78, 5) is 18.8. The number of rotatable bonds is 3. The van der Waals surface area contributed by atoms with Gasteiger partial charge in [-0.3, -0.25) is 9.69 Å². The second-order valence-corrected chi connectivity index (χ2v) is 7.19. The zero-order valence-corrected chi connectivity index (χ0v) is 15.0. The normalized spacial score (nSPS) is 16.8. The molecular weight excluding hydrogens is 340 g/mol. The van der Waals surface area contributed by atoms with E-state index in [1.807, 2.05) is 78.9 Å². The third-order valence-corrected chi connectivity index (χ3v) is 5.43. The first kappa shape index (κ1) is 16.6. The van der Waals surface area contributed by atoms with Crippen molar-refractivity contribution in [3.8, 4) is 0 Å². The Morgan fingerprint density at radius 3 is 1.81 bits per heavy atom. The molecule has 4 heteroatoms. The van der Waals surface area contributed by atoms with Crippen molar-refractivity contribution < 1.29 is 4.79 Å². The average molecular weight is 358 g/mol. The van der Waals surface area contributed by atoms with Crippen molar-refractivity contribution in [2.75, 3.05) is 4.90 Å². The molecule has 0 N–H and O–H groups in total. The van der Waals surface area contributed by atoms with E-state index in [-0.39, 0.29) is 11.2 Å². The maximum Gasteiger partial charge on any atom is 0.249 e. The summed E-state index contributed by atoms with van der Waals surface area (Å²) in [5.74, 6) is -0.0792. The van der Waals surface area contributed by atoms with Crippen LogP contribution in [0.5, 0.6) is 0 Å². The van der Waals surface area contributed by atoms with Crippen LogP contribution < -0.4 is 4.90 Å². The number of amides is 1. The monoisotopic (exact) mass is 358 g/mol. The Morgan fingerprint density at radius 1 is 0.769 bits per heavy atom. The van der Waals surface area contributed by atoms with Gasteiger partial charge >= 0.3 is 0 Å². The van der Waals surface area contributed by atoms with Crippen LogP contribution >= 0.6 is 11.8 Å². The van der Waals surface area contributed by atoms with Crippen molar-refractivity contribution in [3.05, 3.63) is 96.6 Å². The van der Waals surface area contributed by atoms with Crippen LogP contribution in [-0.4, -0.2) is 11.1 Å². The van der Waals surface area contributed by atoms with Crippen LogP contribution in [0, 0.1) is 0 Å². The molecule has 0 unspecified atom stereocenters. The Kier molecular flexibility index (Phi) is 4.84. The van der Waals surface area contributed by atoms with E-state index in [9.17, 15) is 4.79 Å². The van der Waals surface area contributed by atoms with E-state index in [1.54, 1.807) is 11.8 Å². The lowest BCUT2D eigenvalue weighted by atomic mass is 10.1. The molecule has 128 valence electrons. The quantitative estimate of drug-likeness (QED) is 0.612. The van der Waals surface area contributed by atoms with Crippen LogP contribution in [-0.2, 0) is 4.79 Å². The lowest BCUT2D eigenvalue weighted by Crippen LogP contribution is -2.28. The van der Waals surface area contributed by atoms with Crippen molar-refractivity contribution in [3.63, 3.8) is 0 Å². The number of thioether (sulfide) groups is 1. The van der Waals surface area contributed by atoms with Gasteiger partial charge in [-0.2, -0.15) is 4.99 Å². The van der Waals surface area contributed by atoms with E-state index in [4.69, 9.17) is 0 Å². The molecule has 1 amide bonds. The van der Waals surface area contributed by atoms with Gasteiger partial charge in [0.2, 0.25) is 5.91 Å². The zero-order valence-electron chi connectivity index (χ0n) is 14.2. The molecule has 1 atom stereocenters. The van der Waals surface area contributed by atoms with Gasteiger partial charge in [0.25, 0.3) is 0 Å². The molecule has 4 rings (SSSR count). The maximum absolute atomic E-state index is 12.4. The van der Waals surface area contributed by atoms with Crippen molar-refractivity contribution in [1.29, 1.82) is 0 Å². The number of carbonyl (C=O) groups excluding carboxylic acids is 1. The molecule has 0 fully saturated rings. The molecule has 1 aliphatic rings. The standard InChI is InChI=1S/C22H18N2OS/c25-21-16-20(17-10-4-1-5-11-17)26-22(23-21)24(18-12-6-2-7-13-18)19-14-8-3-9-15-19/h1-15,20H,16H2/t20-/m1/s1. The predicted molar refractivity (Wildman–Crippen MR) is 109 cm³/mol. The topological polar surface area (TPSA) is 32.7 Å². The Labute approximate surface area is 157 Å². The van der Waals surface area contributed by atoms with Crippen LogP contribution in [0.4, 0.5) is 11.4 Å². The number of para-hydroxylation sites is 2. The smallest absolute Gasteiger partial charge is 0.249 e. The first-order valence-corrected chi connectivity index (χ1v) is 9.42. The summed E-state index contributed by atoms with van der Waals surface area (Å²) in [5, 5.41) is 0.790. The molecule has 0 saturated carbocycles. The number of amidine groups is 1. The minimum Gasteiger partial charge on any atom is -0.289 e. The highest BCUT2D eigenvalue weighted by Gasteiger charge is 2.29. The molecule has 0 aromatic heterocycles. The van der Waals surface area contributed by atoms with Crippen LogP contribution in [0.15, 0.2) is 96.0 Å². The lowest BCUT2D eigenvalue weighted by Gasteiger charge is -2.30. The largest absolute Gasteiger partial charge is 0.289 e. The highest BCUT2D eigenvalue weighted by Crippen LogP contribution is 2.40. The Balaban J connectivity index is 1.74. The summed E-state index contributed by atoms with van der Waals surface area (Å²) in [6.07, 6.45) is 0.426. The fourth-order valence-electron chi connectivity index (χ4n) is 2.99. The van der Waals surface area contributed by atoms with Crippen molar-refractivity contribution in [2.24, 2.45) is 4.99 Å². The number of anilines is 2. The predicted octanol–water partition coefficient (Wildman–Crippen LogP) is 5.59. The molecule has 0 saturated heterocycles. The van der Waals surface area contributed by atoms with Gasteiger partial charge in [-0.15, -0.1) is 0 Å². The summed E-state index contributed by atoms with van der Waals surface area (Å²) in [7, 11) is 0. The first-order valence-electron chi connectivity index (χ1n) is 8.54. The average Bonchev–Trinajstić information content (AvgIpc) is 2.70. The minimum absolute atomic E-state index is 0.0751. The second-order valence-electron chi connectivity index (χ2n) is 6.02. The van der Waals surface area contributed by atoms with Gasteiger partial charge in [-0.25, -0.2) is 0 Å². The molecular formula is C22H18N2OS. The van der Waals surface area contributed by atoms with E-state index >= 15 is 0 Å². The number of benzene rings is 3. The third-order valence-electron chi connectivity index (χ3n) is 4.22. The molecule has 3 nitrogen and oxygen atoms in total. The molecule has 1 aliphatic heterocycles. The first-order chi connectivity index (χ1) is 12.8. The van der Waals surface area contributed by atoms with Gasteiger partial charge in [-0.05, 0) is 29.8 Å². The lowest BCUT2D eigenvalue weighted by molar-refractivity contribution is -0.117. The van der Waals surface area contributed by atoms with Gasteiger partial charge in [0, 0.05) is 23.0 Å². The second kappa shape index (κ2) is 7.58. The molecule has 0 aliphatic carbocycles. The van der Waals surface area contributed by atoms with Crippen LogP contribution in [0.3, 0.4) is 0 Å². The molecule has 3 aromatic rings. The maximum atomic E-state index is 12.4. The van der Waals surface area contributed by atoms with Crippen molar-refractivity contribution >= 4 is 34.2 Å². The van der Waals surface area contributed by atoms with Gasteiger partial charge in [0.1, 0.15) is 0 Å². The van der Waals surface area contributed by atoms with Crippen molar-refractivity contribution in [2.45, 2.75) is 11.7 Å². The molecule has 26 heavy (non-hydrogen) atoms. The number of carbonyl (C=O) groups is 1. The van der Waals surface area contributed by atoms with E-state index in [2.05, 4.69) is 22.0 Å². The molecule has 0 bridgehead atoms. The zero-order chi connectivity index (χ0) is 17.8. The van der Waals surface area contributed by atoms with E-state index in [0.717, 1.165) is 16.9 Å². The summed E-state index contributed by atoms with van der Waals surface area (Å²) < 4.78 is 0. The Hall–Kier alpha value is -2.85. The molecule has 1 heterocycles. The van der Waals surface area contributed by atoms with E-state index in [1.165, 1.54) is 0 Å². The van der Waals surface area contributed by atoms with Crippen molar-refractivity contribution in [1.82, 2.24) is 0 Å². The summed E-state index contributed by atoms with van der Waals surface area (Å²) in [6.45, 7) is 0. The summed E-state index contributed by atoms with van der Waals surface area (Å²) in [6, 6.07) is 30.3. The number of aliphatic imine (C=N–C) groups is 1. The highest BCUT2D eigenvalue weighted by molar-refractivity contribution is 8.14. The van der Waals surface area contributed by atoms with Gasteiger partial charge in [0.15, 0.2) is 5.17 Å². The fourth-order valence-corrected chi connectivity index (χ4v) is 4.23. The third kappa shape index (κ3) is 3.55. The fraction of sp³-hybridized carbons (Fsp3) is 0.0909. The Morgan fingerprint density at radius 2 is 1.27 bits per heavy atom. The van der Waals surface area contributed by atoms with E-state index in [0.29, 0.717) is 11.6 Å². The van der Waals surface area contributed by atoms with Gasteiger partial charge in [0.05, 0.1) is 0 Å². The molecule has 3 aromatic carbocycles. The number of hydrogen-bond donors (Lipinski definition) is 0. The van der Waals surface area contributed by atoms with Crippen LogP contribution in [0.2, 0.25) is 0 Å². The summed E-state index contributed by atoms with van der Waals surface area (Å²) >= 11 is 1.64. The van der Waals surface area contributed by atoms with E-state index < -0.39 is 0 Å². The van der Waals surface area contributed by atoms with Gasteiger partial charge in [-0.1, -0.05) is 78.5 Å². The Bertz CT molecular complexity index is 871. The van der Waals surface area contributed by atoms with Gasteiger partial charge < -0.3 is 0 Å². The number of hydrogen-bond acceptors (Lipinski definition) is 3. The van der Waals surface area contributed by atoms with Crippen LogP contribution in [0.1, 0.15) is 17.2 Å². The SMILES string of the molecule is O=C1C[C@H](c2ccccc2)SC(N(c2ccccc2)c2ccccc2)=N1. The summed E-state index contributed by atoms with van der Waals surface area (Å²) in [5.41, 5.74) is 3.14. The molecule has 0 radical (unpaired) electrons. The highest BCUT2D eigenvalue weighted by atomic mass is 32.2.